The van der Waals surface area contributed by atoms with Gasteiger partial charge in [0.25, 0.3) is 0 Å². The molecule has 0 saturated carbocycles. The Morgan fingerprint density at radius 3 is 2.89 bits per heavy atom. The first-order chi connectivity index (χ1) is 8.72. The van der Waals surface area contributed by atoms with Crippen molar-refractivity contribution >= 4 is 5.91 Å². The van der Waals surface area contributed by atoms with Crippen molar-refractivity contribution in [3.63, 3.8) is 0 Å². The summed E-state index contributed by atoms with van der Waals surface area (Å²) in [5.41, 5.74) is 1.10. The monoisotopic (exact) mass is 244 g/mol. The van der Waals surface area contributed by atoms with Gasteiger partial charge in [0.2, 0.25) is 5.91 Å². The van der Waals surface area contributed by atoms with Gasteiger partial charge in [-0.2, -0.15) is 5.26 Å². The topological polar surface area (TPSA) is 53.3 Å². The van der Waals surface area contributed by atoms with Crippen molar-refractivity contribution in [2.24, 2.45) is 0 Å². The highest BCUT2D eigenvalue weighted by molar-refractivity contribution is 5.78. The smallest absolute Gasteiger partial charge is 0.249 e. The highest BCUT2D eigenvalue weighted by Gasteiger charge is 2.29. The SMILES string of the molecule is CC(c1ccccc1)N1CC(CC#N)OCC1=O. The van der Waals surface area contributed by atoms with Gasteiger partial charge in [-0.1, -0.05) is 30.3 Å². The molecule has 1 aliphatic heterocycles. The van der Waals surface area contributed by atoms with Crippen LogP contribution in [0.3, 0.4) is 0 Å². The van der Waals surface area contributed by atoms with Crippen molar-refractivity contribution in [3.8, 4) is 6.07 Å². The van der Waals surface area contributed by atoms with Gasteiger partial charge in [0.05, 0.1) is 24.6 Å². The minimum absolute atomic E-state index is 0.0134. The lowest BCUT2D eigenvalue weighted by Gasteiger charge is -2.36. The molecule has 2 unspecified atom stereocenters. The summed E-state index contributed by atoms with van der Waals surface area (Å²) >= 11 is 0. The van der Waals surface area contributed by atoms with Crippen LogP contribution in [-0.2, 0) is 9.53 Å². The minimum Gasteiger partial charge on any atom is -0.365 e. The Hall–Kier alpha value is -1.86. The Kier molecular flexibility index (Phi) is 3.96. The number of amides is 1. The average molecular weight is 244 g/mol. The Morgan fingerprint density at radius 2 is 2.22 bits per heavy atom. The molecule has 4 heteroatoms. The Morgan fingerprint density at radius 1 is 1.50 bits per heavy atom. The highest BCUT2D eigenvalue weighted by Crippen LogP contribution is 2.23. The molecule has 1 aromatic rings. The van der Waals surface area contributed by atoms with E-state index in [9.17, 15) is 4.79 Å². The van der Waals surface area contributed by atoms with Crippen molar-refractivity contribution in [1.29, 1.82) is 5.26 Å². The van der Waals surface area contributed by atoms with Crippen LogP contribution in [0, 0.1) is 11.3 Å². The van der Waals surface area contributed by atoms with Gasteiger partial charge in [0.15, 0.2) is 0 Å². The van der Waals surface area contributed by atoms with E-state index in [-0.39, 0.29) is 24.7 Å². The van der Waals surface area contributed by atoms with E-state index in [2.05, 4.69) is 6.07 Å². The van der Waals surface area contributed by atoms with E-state index in [1.165, 1.54) is 0 Å². The molecule has 2 atom stereocenters. The molecule has 1 saturated heterocycles. The summed E-state index contributed by atoms with van der Waals surface area (Å²) in [6, 6.07) is 12.0. The largest absolute Gasteiger partial charge is 0.365 e. The van der Waals surface area contributed by atoms with E-state index in [0.29, 0.717) is 13.0 Å². The first-order valence-electron chi connectivity index (χ1n) is 6.05. The summed E-state index contributed by atoms with van der Waals surface area (Å²) in [5, 5.41) is 8.69. The second-order valence-corrected chi connectivity index (χ2v) is 4.43. The lowest BCUT2D eigenvalue weighted by Crippen LogP contribution is -2.47. The van der Waals surface area contributed by atoms with E-state index in [4.69, 9.17) is 10.00 Å². The van der Waals surface area contributed by atoms with Gasteiger partial charge in [0, 0.05) is 6.54 Å². The summed E-state index contributed by atoms with van der Waals surface area (Å²) in [4.78, 5) is 13.7. The fourth-order valence-electron chi connectivity index (χ4n) is 2.16. The van der Waals surface area contributed by atoms with Crippen LogP contribution >= 0.6 is 0 Å². The Labute approximate surface area is 107 Å². The van der Waals surface area contributed by atoms with Gasteiger partial charge in [-0.15, -0.1) is 0 Å². The van der Waals surface area contributed by atoms with Gasteiger partial charge >= 0.3 is 0 Å². The van der Waals surface area contributed by atoms with Crippen molar-refractivity contribution in [2.75, 3.05) is 13.2 Å². The number of hydrogen-bond acceptors (Lipinski definition) is 3. The number of ether oxygens (including phenoxy) is 1. The molecular weight excluding hydrogens is 228 g/mol. The summed E-state index contributed by atoms with van der Waals surface area (Å²) in [6.45, 7) is 2.56. The third-order valence-electron chi connectivity index (χ3n) is 3.23. The number of rotatable bonds is 3. The normalized spacial score (nSPS) is 21.4. The third kappa shape index (κ3) is 2.69. The summed E-state index contributed by atoms with van der Waals surface area (Å²) in [6.07, 6.45) is 0.157. The average Bonchev–Trinajstić information content (AvgIpc) is 2.41. The minimum atomic E-state index is -0.168. The van der Waals surface area contributed by atoms with E-state index in [0.717, 1.165) is 5.56 Å². The summed E-state index contributed by atoms with van der Waals surface area (Å²) < 4.78 is 5.33. The van der Waals surface area contributed by atoms with Gasteiger partial charge in [-0.25, -0.2) is 0 Å². The van der Waals surface area contributed by atoms with Crippen LogP contribution in [0.5, 0.6) is 0 Å². The molecule has 1 fully saturated rings. The third-order valence-corrected chi connectivity index (χ3v) is 3.23. The molecule has 0 aliphatic carbocycles. The maximum absolute atomic E-state index is 11.9. The molecular formula is C14H16N2O2. The van der Waals surface area contributed by atoms with Crippen LogP contribution in [0.4, 0.5) is 0 Å². The zero-order chi connectivity index (χ0) is 13.0. The number of carbonyl (C=O) groups is 1. The molecule has 1 heterocycles. The number of nitrogens with zero attached hydrogens (tertiary/aromatic N) is 2. The molecule has 1 aromatic carbocycles. The maximum atomic E-state index is 11.9. The Balaban J connectivity index is 2.11. The quantitative estimate of drug-likeness (QED) is 0.815. The predicted molar refractivity (Wildman–Crippen MR) is 66.5 cm³/mol. The van der Waals surface area contributed by atoms with E-state index in [1.54, 1.807) is 4.90 Å². The second kappa shape index (κ2) is 5.65. The van der Waals surface area contributed by atoms with Crippen molar-refractivity contribution in [1.82, 2.24) is 4.90 Å². The molecule has 1 aliphatic rings. The molecule has 18 heavy (non-hydrogen) atoms. The molecule has 0 N–H and O–H groups in total. The van der Waals surface area contributed by atoms with Gasteiger partial charge in [-0.05, 0) is 12.5 Å². The molecule has 0 aromatic heterocycles. The van der Waals surface area contributed by atoms with Crippen molar-refractivity contribution in [3.05, 3.63) is 35.9 Å². The number of hydrogen-bond donors (Lipinski definition) is 0. The van der Waals surface area contributed by atoms with Crippen LogP contribution in [0.2, 0.25) is 0 Å². The first-order valence-corrected chi connectivity index (χ1v) is 6.05. The molecule has 1 amide bonds. The zero-order valence-electron chi connectivity index (χ0n) is 10.4. The van der Waals surface area contributed by atoms with Crippen LogP contribution in [0.25, 0.3) is 0 Å². The summed E-state index contributed by atoms with van der Waals surface area (Å²) in [7, 11) is 0. The van der Waals surface area contributed by atoms with Crippen molar-refractivity contribution < 1.29 is 9.53 Å². The maximum Gasteiger partial charge on any atom is 0.249 e. The van der Waals surface area contributed by atoms with Gasteiger partial charge in [0.1, 0.15) is 6.61 Å². The molecule has 4 nitrogen and oxygen atoms in total. The number of carbonyl (C=O) groups excluding carboxylic acids is 1. The fourth-order valence-corrected chi connectivity index (χ4v) is 2.16. The Bertz CT molecular complexity index is 453. The molecule has 0 radical (unpaired) electrons. The lowest BCUT2D eigenvalue weighted by molar-refractivity contribution is -0.151. The highest BCUT2D eigenvalue weighted by atomic mass is 16.5. The van der Waals surface area contributed by atoms with Crippen molar-refractivity contribution in [2.45, 2.75) is 25.5 Å². The molecule has 0 bridgehead atoms. The van der Waals surface area contributed by atoms with E-state index in [1.807, 2.05) is 37.3 Å². The summed E-state index contributed by atoms with van der Waals surface area (Å²) in [5.74, 6) is -0.0134. The van der Waals surface area contributed by atoms with E-state index < -0.39 is 0 Å². The van der Waals surface area contributed by atoms with Gasteiger partial charge in [-0.3, -0.25) is 4.79 Å². The second-order valence-electron chi connectivity index (χ2n) is 4.43. The standard InChI is InChI=1S/C14H16N2O2/c1-11(12-5-3-2-4-6-12)16-9-13(7-8-15)18-10-14(16)17/h2-6,11,13H,7,9-10H2,1H3. The number of nitriles is 1. The van der Waals surface area contributed by atoms with Crippen LogP contribution in [-0.4, -0.2) is 30.1 Å². The molecule has 94 valence electrons. The lowest BCUT2D eigenvalue weighted by atomic mass is 10.1. The molecule has 0 spiro atoms. The van der Waals surface area contributed by atoms with Gasteiger partial charge < -0.3 is 9.64 Å². The predicted octanol–water partition coefficient (Wildman–Crippen LogP) is 1.89. The number of morpholine rings is 1. The van der Waals surface area contributed by atoms with Crippen LogP contribution in [0.15, 0.2) is 30.3 Å². The fraction of sp³-hybridized carbons (Fsp3) is 0.429. The van der Waals surface area contributed by atoms with Crippen LogP contribution < -0.4 is 0 Å². The van der Waals surface area contributed by atoms with E-state index >= 15 is 0 Å². The zero-order valence-corrected chi connectivity index (χ0v) is 10.4. The molecule has 2 rings (SSSR count). The van der Waals surface area contributed by atoms with Crippen LogP contribution in [0.1, 0.15) is 24.9 Å². The number of benzene rings is 1. The first kappa shape index (κ1) is 12.6.